The Morgan fingerprint density at radius 3 is 2.91 bits per heavy atom. The summed E-state index contributed by atoms with van der Waals surface area (Å²) in [5.74, 6) is 0.173. The van der Waals surface area contributed by atoms with Crippen LogP contribution in [-0.2, 0) is 4.79 Å². The molecule has 58 valence electrons. The Kier molecular flexibility index (Phi) is 2.38. The Morgan fingerprint density at radius 1 is 1.64 bits per heavy atom. The van der Waals surface area contributed by atoms with Gasteiger partial charge in [0.1, 0.15) is 5.15 Å². The van der Waals surface area contributed by atoms with E-state index in [0.717, 1.165) is 0 Å². The minimum atomic E-state index is -0.193. The number of anilines is 1. The molecule has 0 fully saturated rings. The third-order valence-corrected chi connectivity index (χ3v) is 1.09. The zero-order valence-corrected chi connectivity index (χ0v) is 6.59. The van der Waals surface area contributed by atoms with Crippen LogP contribution in [0.3, 0.4) is 0 Å². The van der Waals surface area contributed by atoms with Crippen molar-refractivity contribution in [3.05, 3.63) is 17.5 Å². The number of aromatic nitrogens is 2. The molecule has 0 aliphatic carbocycles. The maximum Gasteiger partial charge on any atom is 0.222 e. The first-order valence-corrected chi connectivity index (χ1v) is 3.31. The fraction of sp³-hybridized carbons (Fsp3) is 0.167. The number of nitrogens with zero attached hydrogens (tertiary/aromatic N) is 2. The molecule has 1 aromatic heterocycles. The highest BCUT2D eigenvalue weighted by atomic mass is 35.5. The van der Waals surface area contributed by atoms with Crippen molar-refractivity contribution >= 4 is 23.3 Å². The summed E-state index contributed by atoms with van der Waals surface area (Å²) in [6.07, 6.45) is 2.82. The maximum absolute atomic E-state index is 10.5. The van der Waals surface area contributed by atoms with Gasteiger partial charge in [0.2, 0.25) is 5.91 Å². The maximum atomic E-state index is 10.5. The van der Waals surface area contributed by atoms with Crippen molar-refractivity contribution in [3.8, 4) is 0 Å². The first-order chi connectivity index (χ1) is 5.18. The van der Waals surface area contributed by atoms with Crippen molar-refractivity contribution in [2.45, 2.75) is 6.92 Å². The van der Waals surface area contributed by atoms with Crippen LogP contribution in [0.5, 0.6) is 0 Å². The molecule has 0 saturated heterocycles. The van der Waals surface area contributed by atoms with Gasteiger partial charge in [0.15, 0.2) is 5.82 Å². The fourth-order valence-electron chi connectivity index (χ4n) is 0.583. The molecule has 0 aliphatic heterocycles. The predicted molar refractivity (Wildman–Crippen MR) is 41.3 cm³/mol. The highest BCUT2D eigenvalue weighted by molar-refractivity contribution is 6.29. The number of hydrogen-bond acceptors (Lipinski definition) is 3. The highest BCUT2D eigenvalue weighted by Crippen LogP contribution is 2.05. The Bertz CT molecular complexity index is 276. The van der Waals surface area contributed by atoms with Crippen molar-refractivity contribution in [1.82, 2.24) is 9.97 Å². The van der Waals surface area contributed by atoms with Gasteiger partial charge in [-0.1, -0.05) is 11.6 Å². The second kappa shape index (κ2) is 3.30. The molecule has 11 heavy (non-hydrogen) atoms. The molecule has 0 spiro atoms. The molecule has 0 aliphatic rings. The molecule has 0 bridgehead atoms. The average molecular weight is 172 g/mol. The second-order valence-electron chi connectivity index (χ2n) is 1.91. The number of rotatable bonds is 1. The van der Waals surface area contributed by atoms with Crippen LogP contribution >= 0.6 is 11.6 Å². The van der Waals surface area contributed by atoms with Gasteiger partial charge in [-0.05, 0) is 0 Å². The summed E-state index contributed by atoms with van der Waals surface area (Å²) in [7, 11) is 0. The summed E-state index contributed by atoms with van der Waals surface area (Å²) in [6, 6.07) is 0. The third kappa shape index (κ3) is 2.51. The molecule has 4 nitrogen and oxygen atoms in total. The van der Waals surface area contributed by atoms with Crippen LogP contribution in [0, 0.1) is 0 Å². The van der Waals surface area contributed by atoms with E-state index < -0.39 is 0 Å². The summed E-state index contributed by atoms with van der Waals surface area (Å²) in [5.41, 5.74) is 0. The molecule has 0 unspecified atom stereocenters. The van der Waals surface area contributed by atoms with Crippen LogP contribution in [0.1, 0.15) is 6.92 Å². The van der Waals surface area contributed by atoms with E-state index in [1.165, 1.54) is 19.3 Å². The Morgan fingerprint density at radius 2 is 2.36 bits per heavy atom. The van der Waals surface area contributed by atoms with E-state index in [2.05, 4.69) is 15.3 Å². The highest BCUT2D eigenvalue weighted by Gasteiger charge is 1.96. The summed E-state index contributed by atoms with van der Waals surface area (Å²) in [6.45, 7) is 1.39. The summed E-state index contributed by atoms with van der Waals surface area (Å²) in [4.78, 5) is 18.0. The molecule has 1 amide bonds. The van der Waals surface area contributed by atoms with Crippen LogP contribution in [0.4, 0.5) is 5.82 Å². The zero-order chi connectivity index (χ0) is 8.27. The van der Waals surface area contributed by atoms with Crippen molar-refractivity contribution in [2.75, 3.05) is 5.32 Å². The molecular formula is C6H6ClN3O. The van der Waals surface area contributed by atoms with Crippen LogP contribution in [0.15, 0.2) is 12.4 Å². The van der Waals surface area contributed by atoms with E-state index in [1.807, 2.05) is 0 Å². The van der Waals surface area contributed by atoms with Crippen molar-refractivity contribution in [1.29, 1.82) is 0 Å². The summed E-state index contributed by atoms with van der Waals surface area (Å²) in [5, 5.41) is 2.71. The van der Waals surface area contributed by atoms with E-state index in [1.54, 1.807) is 0 Å². The van der Waals surface area contributed by atoms with Gasteiger partial charge in [-0.25, -0.2) is 4.98 Å². The molecular weight excluding hydrogens is 166 g/mol. The van der Waals surface area contributed by atoms with E-state index in [-0.39, 0.29) is 11.1 Å². The molecule has 1 aromatic rings. The van der Waals surface area contributed by atoms with Crippen LogP contribution in [0.25, 0.3) is 0 Å². The van der Waals surface area contributed by atoms with Gasteiger partial charge in [-0.3, -0.25) is 9.78 Å². The first-order valence-electron chi connectivity index (χ1n) is 2.93. The lowest BCUT2D eigenvalue weighted by Gasteiger charge is -1.98. The van der Waals surface area contributed by atoms with E-state index >= 15 is 0 Å². The number of amides is 1. The number of nitrogens with one attached hydrogen (secondary N) is 1. The van der Waals surface area contributed by atoms with E-state index in [4.69, 9.17) is 11.6 Å². The molecule has 0 aromatic carbocycles. The van der Waals surface area contributed by atoms with Gasteiger partial charge in [0.05, 0.1) is 12.4 Å². The van der Waals surface area contributed by atoms with Crippen LogP contribution in [0.2, 0.25) is 5.15 Å². The molecule has 0 radical (unpaired) electrons. The van der Waals surface area contributed by atoms with E-state index in [9.17, 15) is 4.79 Å². The number of hydrogen-bond donors (Lipinski definition) is 1. The Hall–Kier alpha value is -1.16. The lowest BCUT2D eigenvalue weighted by molar-refractivity contribution is -0.114. The monoisotopic (exact) mass is 171 g/mol. The third-order valence-electron chi connectivity index (χ3n) is 0.909. The topological polar surface area (TPSA) is 54.9 Å². The standard InChI is InChI=1S/C6H6ClN3O/c1-4(11)9-6-3-8-2-5(7)10-6/h2-3H,1H3,(H,9,10,11). The quantitative estimate of drug-likeness (QED) is 0.688. The Balaban J connectivity index is 2.79. The van der Waals surface area contributed by atoms with Crippen LogP contribution < -0.4 is 5.32 Å². The minimum absolute atomic E-state index is 0.193. The molecule has 0 atom stereocenters. The molecule has 1 heterocycles. The Labute approximate surface area is 68.6 Å². The van der Waals surface area contributed by atoms with Crippen LogP contribution in [-0.4, -0.2) is 15.9 Å². The molecule has 0 saturated carbocycles. The van der Waals surface area contributed by atoms with Gasteiger partial charge in [0.25, 0.3) is 0 Å². The fourth-order valence-corrected chi connectivity index (χ4v) is 0.730. The van der Waals surface area contributed by atoms with Crippen molar-refractivity contribution in [2.24, 2.45) is 0 Å². The lowest BCUT2D eigenvalue weighted by atomic mass is 10.6. The largest absolute Gasteiger partial charge is 0.310 e. The molecule has 1 N–H and O–H groups in total. The van der Waals surface area contributed by atoms with Gasteiger partial charge in [0, 0.05) is 6.92 Å². The van der Waals surface area contributed by atoms with Gasteiger partial charge in [-0.15, -0.1) is 0 Å². The zero-order valence-electron chi connectivity index (χ0n) is 5.84. The number of halogens is 1. The summed E-state index contributed by atoms with van der Waals surface area (Å²) >= 11 is 5.50. The van der Waals surface area contributed by atoms with Gasteiger partial charge in [-0.2, -0.15) is 0 Å². The first kappa shape index (κ1) is 7.94. The van der Waals surface area contributed by atoms with E-state index in [0.29, 0.717) is 5.82 Å². The molecule has 5 heteroatoms. The molecule has 1 rings (SSSR count). The average Bonchev–Trinajstić information content (AvgIpc) is 1.85. The van der Waals surface area contributed by atoms with Gasteiger partial charge < -0.3 is 5.32 Å². The lowest BCUT2D eigenvalue weighted by Crippen LogP contribution is -2.07. The van der Waals surface area contributed by atoms with Crippen molar-refractivity contribution < 1.29 is 4.79 Å². The smallest absolute Gasteiger partial charge is 0.222 e. The normalized spacial score (nSPS) is 9.27. The summed E-state index contributed by atoms with van der Waals surface area (Å²) < 4.78 is 0. The second-order valence-corrected chi connectivity index (χ2v) is 2.30. The van der Waals surface area contributed by atoms with Crippen molar-refractivity contribution in [3.63, 3.8) is 0 Å². The van der Waals surface area contributed by atoms with Gasteiger partial charge >= 0.3 is 0 Å². The number of carbonyl (C=O) groups is 1. The predicted octanol–water partition coefficient (Wildman–Crippen LogP) is 1.09. The minimum Gasteiger partial charge on any atom is -0.310 e. The SMILES string of the molecule is CC(=O)Nc1cncc(Cl)n1. The number of carbonyl (C=O) groups excluding carboxylic acids is 1.